The lowest BCUT2D eigenvalue weighted by atomic mass is 10.1. The maximum atomic E-state index is 6.24. The van der Waals surface area contributed by atoms with Crippen LogP contribution in [0.1, 0.15) is 29.9 Å². The molecule has 5 heteroatoms. The van der Waals surface area contributed by atoms with Gasteiger partial charge in [-0.15, -0.1) is 0 Å². The fourth-order valence-corrected chi connectivity index (χ4v) is 1.85. The van der Waals surface area contributed by atoms with Gasteiger partial charge in [-0.3, -0.25) is 9.36 Å². The summed E-state index contributed by atoms with van der Waals surface area (Å²) in [6.07, 6.45) is 3.61. The van der Waals surface area contributed by atoms with Crippen molar-refractivity contribution in [2.45, 2.75) is 26.4 Å². The molecule has 2 aromatic heterocycles. The SMILES string of the molecule is CCn1nccc1C(N)c1cnn(C)c1C. The predicted molar refractivity (Wildman–Crippen MR) is 61.9 cm³/mol. The molecular weight excluding hydrogens is 202 g/mol. The molecule has 0 bridgehead atoms. The Morgan fingerprint density at radius 3 is 2.75 bits per heavy atom. The van der Waals surface area contributed by atoms with Gasteiger partial charge in [-0.2, -0.15) is 10.2 Å². The van der Waals surface area contributed by atoms with Crippen LogP contribution in [-0.4, -0.2) is 19.6 Å². The Morgan fingerprint density at radius 2 is 2.19 bits per heavy atom. The van der Waals surface area contributed by atoms with Crippen LogP contribution in [-0.2, 0) is 13.6 Å². The van der Waals surface area contributed by atoms with Gasteiger partial charge in [0.1, 0.15) is 0 Å². The van der Waals surface area contributed by atoms with E-state index in [0.717, 1.165) is 23.5 Å². The summed E-state index contributed by atoms with van der Waals surface area (Å²) in [6.45, 7) is 4.91. The van der Waals surface area contributed by atoms with Crippen molar-refractivity contribution in [3.8, 4) is 0 Å². The first-order chi connectivity index (χ1) is 7.65. The van der Waals surface area contributed by atoms with Gasteiger partial charge in [0, 0.05) is 31.0 Å². The summed E-state index contributed by atoms with van der Waals surface area (Å²) in [5.74, 6) is 0. The third kappa shape index (κ3) is 1.63. The minimum atomic E-state index is -0.156. The molecule has 2 N–H and O–H groups in total. The van der Waals surface area contributed by atoms with Gasteiger partial charge in [0.15, 0.2) is 0 Å². The maximum absolute atomic E-state index is 6.24. The predicted octanol–water partition coefficient (Wildman–Crippen LogP) is 0.993. The second kappa shape index (κ2) is 4.09. The van der Waals surface area contributed by atoms with Crippen LogP contribution in [0.25, 0.3) is 0 Å². The van der Waals surface area contributed by atoms with Crippen molar-refractivity contribution in [3.05, 3.63) is 35.4 Å². The zero-order valence-corrected chi connectivity index (χ0v) is 9.88. The first-order valence-electron chi connectivity index (χ1n) is 5.41. The van der Waals surface area contributed by atoms with Gasteiger partial charge in [0.05, 0.1) is 17.9 Å². The molecule has 1 unspecified atom stereocenters. The van der Waals surface area contributed by atoms with Crippen molar-refractivity contribution in [2.24, 2.45) is 12.8 Å². The number of nitrogens with zero attached hydrogens (tertiary/aromatic N) is 4. The minimum absolute atomic E-state index is 0.156. The highest BCUT2D eigenvalue weighted by Gasteiger charge is 2.17. The zero-order valence-electron chi connectivity index (χ0n) is 9.88. The van der Waals surface area contributed by atoms with Crippen LogP contribution in [0.4, 0.5) is 0 Å². The summed E-state index contributed by atoms with van der Waals surface area (Å²) in [4.78, 5) is 0. The van der Waals surface area contributed by atoms with Crippen molar-refractivity contribution >= 4 is 0 Å². The summed E-state index contributed by atoms with van der Waals surface area (Å²) < 4.78 is 3.75. The van der Waals surface area contributed by atoms with Crippen LogP contribution in [0, 0.1) is 6.92 Å². The lowest BCUT2D eigenvalue weighted by Gasteiger charge is -2.13. The van der Waals surface area contributed by atoms with Gasteiger partial charge < -0.3 is 5.73 Å². The number of hydrogen-bond donors (Lipinski definition) is 1. The van der Waals surface area contributed by atoms with E-state index in [1.54, 1.807) is 6.20 Å². The van der Waals surface area contributed by atoms with Crippen molar-refractivity contribution in [3.63, 3.8) is 0 Å². The third-order valence-corrected chi connectivity index (χ3v) is 2.98. The molecule has 0 radical (unpaired) electrons. The van der Waals surface area contributed by atoms with Gasteiger partial charge in [-0.05, 0) is 19.9 Å². The van der Waals surface area contributed by atoms with Crippen LogP contribution in [0.3, 0.4) is 0 Å². The summed E-state index contributed by atoms with van der Waals surface area (Å²) in [5, 5.41) is 8.44. The second-order valence-electron chi connectivity index (χ2n) is 3.86. The Bertz CT molecular complexity index is 482. The van der Waals surface area contributed by atoms with Crippen molar-refractivity contribution in [1.82, 2.24) is 19.6 Å². The average molecular weight is 219 g/mol. The van der Waals surface area contributed by atoms with E-state index >= 15 is 0 Å². The van der Waals surface area contributed by atoms with Gasteiger partial charge in [0.25, 0.3) is 0 Å². The molecule has 86 valence electrons. The molecule has 16 heavy (non-hydrogen) atoms. The molecule has 0 aliphatic carbocycles. The van der Waals surface area contributed by atoms with Gasteiger partial charge in [-0.25, -0.2) is 0 Å². The van der Waals surface area contributed by atoms with Gasteiger partial charge in [-0.1, -0.05) is 0 Å². The molecule has 2 heterocycles. The van der Waals surface area contributed by atoms with E-state index in [9.17, 15) is 0 Å². The lowest BCUT2D eigenvalue weighted by Crippen LogP contribution is -2.17. The largest absolute Gasteiger partial charge is 0.319 e. The van der Waals surface area contributed by atoms with Crippen molar-refractivity contribution in [2.75, 3.05) is 0 Å². The average Bonchev–Trinajstić information content (AvgIpc) is 2.86. The fraction of sp³-hybridized carbons (Fsp3) is 0.455. The maximum Gasteiger partial charge on any atom is 0.0756 e. The number of rotatable bonds is 3. The number of aryl methyl sites for hydroxylation is 2. The third-order valence-electron chi connectivity index (χ3n) is 2.98. The minimum Gasteiger partial charge on any atom is -0.319 e. The highest BCUT2D eigenvalue weighted by molar-refractivity contribution is 5.28. The Morgan fingerprint density at radius 1 is 1.44 bits per heavy atom. The van der Waals surface area contributed by atoms with E-state index in [4.69, 9.17) is 5.73 Å². The molecule has 1 atom stereocenters. The molecule has 0 aromatic carbocycles. The second-order valence-corrected chi connectivity index (χ2v) is 3.86. The normalized spacial score (nSPS) is 13.0. The van der Waals surface area contributed by atoms with E-state index in [1.165, 1.54) is 0 Å². The molecule has 0 aliphatic rings. The molecule has 0 saturated heterocycles. The monoisotopic (exact) mass is 219 g/mol. The molecule has 0 fully saturated rings. The molecule has 0 aliphatic heterocycles. The molecule has 0 amide bonds. The quantitative estimate of drug-likeness (QED) is 0.837. The smallest absolute Gasteiger partial charge is 0.0756 e. The van der Waals surface area contributed by atoms with Gasteiger partial charge >= 0.3 is 0 Å². The van der Waals surface area contributed by atoms with Crippen molar-refractivity contribution in [1.29, 1.82) is 0 Å². The van der Waals surface area contributed by atoms with Crippen LogP contribution in [0.5, 0.6) is 0 Å². The Kier molecular flexibility index (Phi) is 2.78. The Labute approximate surface area is 94.9 Å². The van der Waals surface area contributed by atoms with E-state index in [2.05, 4.69) is 17.1 Å². The molecular formula is C11H17N5. The Balaban J connectivity index is 2.39. The molecule has 2 aromatic rings. The van der Waals surface area contributed by atoms with Gasteiger partial charge in [0.2, 0.25) is 0 Å². The summed E-state index contributed by atoms with van der Waals surface area (Å²) in [5.41, 5.74) is 9.41. The van der Waals surface area contributed by atoms with Crippen LogP contribution >= 0.6 is 0 Å². The summed E-state index contributed by atoms with van der Waals surface area (Å²) >= 11 is 0. The van der Waals surface area contributed by atoms with Crippen molar-refractivity contribution < 1.29 is 0 Å². The number of aromatic nitrogens is 4. The lowest BCUT2D eigenvalue weighted by molar-refractivity contribution is 0.599. The van der Waals surface area contributed by atoms with E-state index in [0.29, 0.717) is 0 Å². The van der Waals surface area contributed by atoms with Crippen LogP contribution in [0.2, 0.25) is 0 Å². The van der Waals surface area contributed by atoms with E-state index in [1.807, 2.05) is 35.6 Å². The first-order valence-corrected chi connectivity index (χ1v) is 5.41. The van der Waals surface area contributed by atoms with Crippen LogP contribution in [0.15, 0.2) is 18.5 Å². The standard InChI is InChI=1S/C11H17N5/c1-4-16-10(5-6-13-16)11(12)9-7-14-15(3)8(9)2/h5-7,11H,4,12H2,1-3H3. The fourth-order valence-electron chi connectivity index (χ4n) is 1.85. The molecule has 0 saturated carbocycles. The van der Waals surface area contributed by atoms with E-state index < -0.39 is 0 Å². The summed E-state index contributed by atoms with van der Waals surface area (Å²) in [6, 6.07) is 1.80. The van der Waals surface area contributed by atoms with E-state index in [-0.39, 0.29) is 6.04 Å². The number of nitrogens with two attached hydrogens (primary N) is 1. The highest BCUT2D eigenvalue weighted by Crippen LogP contribution is 2.21. The topological polar surface area (TPSA) is 61.7 Å². The molecule has 5 nitrogen and oxygen atoms in total. The number of hydrogen-bond acceptors (Lipinski definition) is 3. The molecule has 0 spiro atoms. The summed E-state index contributed by atoms with van der Waals surface area (Å²) in [7, 11) is 1.92. The molecule has 2 rings (SSSR count). The Hall–Kier alpha value is -1.62. The zero-order chi connectivity index (χ0) is 11.7. The van der Waals surface area contributed by atoms with Crippen LogP contribution < -0.4 is 5.73 Å². The highest BCUT2D eigenvalue weighted by atomic mass is 15.3. The first kappa shape index (κ1) is 10.9.